The molecule has 0 aromatic carbocycles. The molecule has 152 valence electrons. The largest absolute Gasteiger partial charge is 0.481 e. The summed E-state index contributed by atoms with van der Waals surface area (Å²) in [5, 5.41) is 6.63. The molecule has 0 unspecified atom stereocenters. The van der Waals surface area contributed by atoms with Gasteiger partial charge in [-0.1, -0.05) is 26.2 Å². The second kappa shape index (κ2) is 10.2. The number of nitrogens with one attached hydrogen (secondary N) is 2. The van der Waals surface area contributed by atoms with Crippen molar-refractivity contribution in [1.29, 1.82) is 0 Å². The van der Waals surface area contributed by atoms with Crippen molar-refractivity contribution >= 4 is 22.8 Å². The zero-order valence-corrected chi connectivity index (χ0v) is 16.9. The minimum atomic E-state index is -0.0847. The molecule has 1 saturated heterocycles. The number of methoxy groups -OCH3 is 1. The number of carbonyl (C=O) groups is 1. The van der Waals surface area contributed by atoms with Gasteiger partial charge >= 0.3 is 6.03 Å². The molecule has 1 fully saturated rings. The molecule has 0 spiro atoms. The molecular formula is C21H31N5O2. The average Bonchev–Trinajstić information content (AvgIpc) is 2.74. The predicted molar refractivity (Wildman–Crippen MR) is 112 cm³/mol. The molecule has 0 aliphatic carbocycles. The van der Waals surface area contributed by atoms with Gasteiger partial charge in [0, 0.05) is 31.4 Å². The number of pyridine rings is 2. The molecule has 3 rings (SSSR count). The fourth-order valence-corrected chi connectivity index (χ4v) is 3.56. The van der Waals surface area contributed by atoms with Crippen LogP contribution in [-0.4, -0.2) is 53.7 Å². The Morgan fingerprint density at radius 3 is 2.79 bits per heavy atom. The van der Waals surface area contributed by atoms with Crippen molar-refractivity contribution in [3.63, 3.8) is 0 Å². The van der Waals surface area contributed by atoms with Crippen LogP contribution in [0, 0.1) is 0 Å². The Morgan fingerprint density at radius 2 is 2.04 bits per heavy atom. The van der Waals surface area contributed by atoms with E-state index < -0.39 is 0 Å². The van der Waals surface area contributed by atoms with Crippen molar-refractivity contribution in [3.8, 4) is 5.88 Å². The second-order valence-corrected chi connectivity index (χ2v) is 7.29. The highest BCUT2D eigenvalue weighted by molar-refractivity contribution is 5.98. The van der Waals surface area contributed by atoms with Crippen molar-refractivity contribution in [2.45, 2.75) is 51.5 Å². The number of aromatic nitrogens is 2. The Bertz CT molecular complexity index is 774. The highest BCUT2D eigenvalue weighted by Crippen LogP contribution is 2.23. The van der Waals surface area contributed by atoms with Gasteiger partial charge in [0.25, 0.3) is 0 Å². The number of ether oxygens (including phenoxy) is 1. The summed E-state index contributed by atoms with van der Waals surface area (Å²) in [5.74, 6) is 0.502. The van der Waals surface area contributed by atoms with E-state index in [1.807, 2.05) is 11.0 Å². The van der Waals surface area contributed by atoms with Crippen molar-refractivity contribution in [2.75, 3.05) is 32.1 Å². The number of likely N-dealkylation sites (tertiary alicyclic amines) is 1. The summed E-state index contributed by atoms with van der Waals surface area (Å²) in [5.41, 5.74) is 2.02. The first-order chi connectivity index (χ1) is 13.7. The Morgan fingerprint density at radius 1 is 1.21 bits per heavy atom. The van der Waals surface area contributed by atoms with E-state index in [2.05, 4.69) is 27.5 Å². The molecule has 0 radical (unpaired) electrons. The minimum absolute atomic E-state index is 0.0847. The molecule has 2 aromatic rings. The van der Waals surface area contributed by atoms with Crippen LogP contribution in [0.2, 0.25) is 0 Å². The standard InChI is InChI=1S/C21H31N5O2/c1-3-4-5-6-12-22-16-10-14-26(15-11-16)21(27)24-18-9-13-23-17-7-8-19(28-2)25-20(17)18/h7-9,13,16,22H,3-6,10-12,14-15H2,1-2H3,(H,23,24,27). The molecule has 7 heteroatoms. The van der Waals surface area contributed by atoms with Gasteiger partial charge in [-0.15, -0.1) is 0 Å². The number of nitrogens with zero attached hydrogens (tertiary/aromatic N) is 3. The first kappa shape index (κ1) is 20.3. The average molecular weight is 386 g/mol. The van der Waals surface area contributed by atoms with Crippen molar-refractivity contribution in [2.24, 2.45) is 0 Å². The van der Waals surface area contributed by atoms with Crippen LogP contribution in [-0.2, 0) is 0 Å². The van der Waals surface area contributed by atoms with E-state index in [1.54, 1.807) is 25.4 Å². The number of unbranched alkanes of at least 4 members (excludes halogenated alkanes) is 3. The molecule has 0 saturated carbocycles. The Hall–Kier alpha value is -2.41. The van der Waals surface area contributed by atoms with E-state index in [4.69, 9.17) is 4.74 Å². The molecular weight excluding hydrogens is 354 g/mol. The zero-order valence-electron chi connectivity index (χ0n) is 16.9. The topological polar surface area (TPSA) is 79.4 Å². The number of urea groups is 1. The normalized spacial score (nSPS) is 15.0. The summed E-state index contributed by atoms with van der Waals surface area (Å²) in [6.45, 7) is 4.83. The summed E-state index contributed by atoms with van der Waals surface area (Å²) in [6, 6.07) is 5.81. The SMILES string of the molecule is CCCCCCNC1CCN(C(=O)Nc2ccnc3ccc(OC)nc23)CC1. The Balaban J connectivity index is 1.52. The fourth-order valence-electron chi connectivity index (χ4n) is 3.56. The number of piperidine rings is 1. The van der Waals surface area contributed by atoms with Gasteiger partial charge in [-0.3, -0.25) is 4.98 Å². The van der Waals surface area contributed by atoms with Crippen LogP contribution in [0.4, 0.5) is 10.5 Å². The molecule has 28 heavy (non-hydrogen) atoms. The first-order valence-corrected chi connectivity index (χ1v) is 10.3. The Labute approximate surface area is 166 Å². The van der Waals surface area contributed by atoms with Gasteiger partial charge in [0.05, 0.1) is 18.3 Å². The lowest BCUT2D eigenvalue weighted by atomic mass is 10.0. The summed E-state index contributed by atoms with van der Waals surface area (Å²) < 4.78 is 5.20. The quantitative estimate of drug-likeness (QED) is 0.676. The number of carbonyl (C=O) groups excluding carboxylic acids is 1. The number of hydrogen-bond donors (Lipinski definition) is 2. The van der Waals surface area contributed by atoms with Gasteiger partial charge in [-0.05, 0) is 37.9 Å². The van der Waals surface area contributed by atoms with Crippen molar-refractivity contribution in [3.05, 3.63) is 24.4 Å². The number of anilines is 1. The number of amides is 2. The van der Waals surface area contributed by atoms with E-state index in [9.17, 15) is 4.79 Å². The summed E-state index contributed by atoms with van der Waals surface area (Å²) in [7, 11) is 1.57. The summed E-state index contributed by atoms with van der Waals surface area (Å²) in [4.78, 5) is 23.3. The van der Waals surface area contributed by atoms with E-state index >= 15 is 0 Å². The number of rotatable bonds is 8. The molecule has 0 atom stereocenters. The van der Waals surface area contributed by atoms with Crippen molar-refractivity contribution in [1.82, 2.24) is 20.2 Å². The zero-order chi connectivity index (χ0) is 19.8. The van der Waals surface area contributed by atoms with Gasteiger partial charge in [0.1, 0.15) is 5.52 Å². The monoisotopic (exact) mass is 385 g/mol. The molecule has 2 aromatic heterocycles. The van der Waals surface area contributed by atoms with Crippen LogP contribution in [0.3, 0.4) is 0 Å². The molecule has 3 heterocycles. The van der Waals surface area contributed by atoms with E-state index in [0.717, 1.165) is 38.0 Å². The van der Waals surface area contributed by atoms with Crippen LogP contribution in [0.5, 0.6) is 5.88 Å². The molecule has 7 nitrogen and oxygen atoms in total. The summed E-state index contributed by atoms with van der Waals surface area (Å²) in [6.07, 6.45) is 8.77. The third-order valence-electron chi connectivity index (χ3n) is 5.25. The first-order valence-electron chi connectivity index (χ1n) is 10.3. The van der Waals surface area contributed by atoms with Crippen molar-refractivity contribution < 1.29 is 9.53 Å². The van der Waals surface area contributed by atoms with Gasteiger partial charge in [0.15, 0.2) is 0 Å². The molecule has 2 amide bonds. The van der Waals surface area contributed by atoms with Crippen LogP contribution < -0.4 is 15.4 Å². The fraction of sp³-hybridized carbons (Fsp3) is 0.571. The minimum Gasteiger partial charge on any atom is -0.481 e. The highest BCUT2D eigenvalue weighted by Gasteiger charge is 2.23. The van der Waals surface area contributed by atoms with Gasteiger partial charge < -0.3 is 20.3 Å². The number of fused-ring (bicyclic) bond motifs is 1. The van der Waals surface area contributed by atoms with Crippen LogP contribution >= 0.6 is 0 Å². The lowest BCUT2D eigenvalue weighted by Gasteiger charge is -2.32. The molecule has 1 aliphatic heterocycles. The van der Waals surface area contributed by atoms with E-state index in [1.165, 1.54) is 25.7 Å². The van der Waals surface area contributed by atoms with Gasteiger partial charge in [0.2, 0.25) is 5.88 Å². The second-order valence-electron chi connectivity index (χ2n) is 7.29. The lowest BCUT2D eigenvalue weighted by Crippen LogP contribution is -2.46. The third kappa shape index (κ3) is 5.32. The number of hydrogen-bond acceptors (Lipinski definition) is 5. The maximum atomic E-state index is 12.7. The third-order valence-corrected chi connectivity index (χ3v) is 5.25. The predicted octanol–water partition coefficient (Wildman–Crippen LogP) is 3.80. The van der Waals surface area contributed by atoms with Crippen LogP contribution in [0.15, 0.2) is 24.4 Å². The smallest absolute Gasteiger partial charge is 0.321 e. The van der Waals surface area contributed by atoms with Crippen LogP contribution in [0.25, 0.3) is 11.0 Å². The van der Waals surface area contributed by atoms with E-state index in [-0.39, 0.29) is 6.03 Å². The molecule has 2 N–H and O–H groups in total. The molecule has 0 bridgehead atoms. The maximum absolute atomic E-state index is 12.7. The van der Waals surface area contributed by atoms with Gasteiger partial charge in [-0.25, -0.2) is 9.78 Å². The van der Waals surface area contributed by atoms with E-state index in [0.29, 0.717) is 23.1 Å². The Kier molecular flexibility index (Phi) is 7.42. The maximum Gasteiger partial charge on any atom is 0.321 e. The van der Waals surface area contributed by atoms with Crippen LogP contribution in [0.1, 0.15) is 45.4 Å². The summed E-state index contributed by atoms with van der Waals surface area (Å²) >= 11 is 0. The molecule has 1 aliphatic rings. The lowest BCUT2D eigenvalue weighted by molar-refractivity contribution is 0.189. The highest BCUT2D eigenvalue weighted by atomic mass is 16.5. The van der Waals surface area contributed by atoms with Gasteiger partial charge in [-0.2, -0.15) is 0 Å².